The molecule has 0 bridgehead atoms. The molecule has 0 spiro atoms. The van der Waals surface area contributed by atoms with Gasteiger partial charge in [-0.15, -0.1) is 0 Å². The molecule has 1 aliphatic carbocycles. The molecular formula is C31H27ClF2N6O3. The number of hydrogen-bond donors (Lipinski definition) is 3. The first kappa shape index (κ1) is 28.6. The van der Waals surface area contributed by atoms with E-state index in [0.29, 0.717) is 33.4 Å². The third kappa shape index (κ3) is 5.40. The van der Waals surface area contributed by atoms with Gasteiger partial charge < -0.3 is 15.3 Å². The zero-order valence-corrected chi connectivity index (χ0v) is 23.5. The summed E-state index contributed by atoms with van der Waals surface area (Å²) in [6.45, 7) is 0. The van der Waals surface area contributed by atoms with Crippen molar-refractivity contribution >= 4 is 45.7 Å². The molecule has 0 radical (unpaired) electrons. The number of aromatic amines is 1. The number of nitrogens with one attached hydrogen (secondary N) is 2. The maximum atomic E-state index is 14.8. The van der Waals surface area contributed by atoms with Crippen LogP contribution in [0.15, 0.2) is 72.9 Å². The summed E-state index contributed by atoms with van der Waals surface area (Å²) >= 11 is 6.63. The van der Waals surface area contributed by atoms with E-state index < -0.39 is 54.9 Å². The van der Waals surface area contributed by atoms with Crippen LogP contribution in [0.5, 0.6) is 0 Å². The largest absolute Gasteiger partial charge is 0.374 e. The highest BCUT2D eigenvalue weighted by atomic mass is 35.5. The molecule has 2 heterocycles. The van der Waals surface area contributed by atoms with Gasteiger partial charge in [0.1, 0.15) is 18.3 Å². The molecule has 3 N–H and O–H groups in total. The predicted molar refractivity (Wildman–Crippen MR) is 157 cm³/mol. The second-order valence-electron chi connectivity index (χ2n) is 10.9. The van der Waals surface area contributed by atoms with Gasteiger partial charge in [-0.05, 0) is 43.2 Å². The lowest BCUT2D eigenvalue weighted by Crippen LogP contribution is -2.56. The number of anilines is 2. The van der Waals surface area contributed by atoms with Crippen LogP contribution in [0.4, 0.5) is 20.2 Å². The number of para-hydroxylation sites is 1. The van der Waals surface area contributed by atoms with E-state index in [2.05, 4.69) is 21.6 Å². The maximum absolute atomic E-state index is 14.8. The number of carbonyl (C=O) groups excluding carboxylic acids is 2. The van der Waals surface area contributed by atoms with Crippen molar-refractivity contribution in [2.75, 3.05) is 9.80 Å². The molecule has 3 atom stereocenters. The van der Waals surface area contributed by atoms with Crippen LogP contribution < -0.4 is 15.1 Å². The summed E-state index contributed by atoms with van der Waals surface area (Å²) < 4.78 is 27.4. The second kappa shape index (κ2) is 11.3. The minimum absolute atomic E-state index is 0.209. The molecule has 1 saturated carbocycles. The first-order valence-electron chi connectivity index (χ1n) is 13.8. The molecule has 12 heteroatoms. The zero-order valence-electron chi connectivity index (χ0n) is 22.8. The second-order valence-corrected chi connectivity index (χ2v) is 11.3. The quantitative estimate of drug-likeness (QED) is 0.271. The molecular weight excluding hydrogens is 578 g/mol. The molecule has 6 rings (SSSR count). The Bertz CT molecular complexity index is 1730. The molecule has 1 unspecified atom stereocenters. The lowest BCUT2D eigenvalue weighted by atomic mass is 9.87. The minimum Gasteiger partial charge on any atom is -0.374 e. The van der Waals surface area contributed by atoms with Gasteiger partial charge in [0.25, 0.3) is 11.8 Å². The molecule has 2 fully saturated rings. The summed E-state index contributed by atoms with van der Waals surface area (Å²) in [5, 5.41) is 31.1. The molecule has 2 amide bonds. The molecule has 2 aliphatic rings. The molecule has 43 heavy (non-hydrogen) atoms. The average molecular weight is 605 g/mol. The summed E-state index contributed by atoms with van der Waals surface area (Å²) in [4.78, 5) is 31.8. The standard InChI is InChI=1S/C31H27ClF2N6O3/c32-23-9-2-1-8-22(23)28(29(42)37-20-14-31(33,34)15-20)40(24-10-4-6-19-17-36-38-27(19)24)30(43)25-11-12-26(41)39(25)21-7-3-5-18(13-21)16-35/h1-10,13,17,20,25-26,28,41H,11-12,14-15H2,(H,36,38)(H,37,42)/t25-,26?,28-/m0/s1. The summed E-state index contributed by atoms with van der Waals surface area (Å²) in [6.07, 6.45) is 0.0539. The Morgan fingerprint density at radius 1 is 1.14 bits per heavy atom. The van der Waals surface area contributed by atoms with Gasteiger partial charge in [0.05, 0.1) is 29.0 Å². The number of carbonyl (C=O) groups is 2. The van der Waals surface area contributed by atoms with E-state index >= 15 is 0 Å². The third-order valence-corrected chi connectivity index (χ3v) is 8.35. The fraction of sp³-hybridized carbons (Fsp3) is 0.290. The lowest BCUT2D eigenvalue weighted by molar-refractivity contribution is -0.133. The Hall–Kier alpha value is -4.53. The number of nitriles is 1. The van der Waals surface area contributed by atoms with Gasteiger partial charge >= 0.3 is 0 Å². The predicted octanol–water partition coefficient (Wildman–Crippen LogP) is 5.06. The Morgan fingerprint density at radius 3 is 2.65 bits per heavy atom. The average Bonchev–Trinajstić information content (AvgIpc) is 3.62. The lowest BCUT2D eigenvalue weighted by Gasteiger charge is -2.40. The van der Waals surface area contributed by atoms with E-state index in [4.69, 9.17) is 11.6 Å². The molecule has 1 aliphatic heterocycles. The number of halogens is 3. The molecule has 1 saturated heterocycles. The van der Waals surface area contributed by atoms with E-state index in [-0.39, 0.29) is 17.9 Å². The van der Waals surface area contributed by atoms with Crippen molar-refractivity contribution in [1.29, 1.82) is 5.26 Å². The number of aliphatic hydroxyl groups is 1. The number of amides is 2. The number of hydrogen-bond acceptors (Lipinski definition) is 6. The Morgan fingerprint density at radius 2 is 1.91 bits per heavy atom. The molecule has 9 nitrogen and oxygen atoms in total. The van der Waals surface area contributed by atoms with E-state index in [1.807, 2.05) is 0 Å². The van der Waals surface area contributed by atoms with Crippen molar-refractivity contribution in [3.63, 3.8) is 0 Å². The highest BCUT2D eigenvalue weighted by Gasteiger charge is 2.48. The fourth-order valence-electron chi connectivity index (χ4n) is 5.96. The number of benzene rings is 3. The summed E-state index contributed by atoms with van der Waals surface area (Å²) in [6, 6.07) is 17.3. The first-order chi connectivity index (χ1) is 20.7. The van der Waals surface area contributed by atoms with Crippen molar-refractivity contribution in [1.82, 2.24) is 15.5 Å². The van der Waals surface area contributed by atoms with Gasteiger partial charge in [-0.25, -0.2) is 8.78 Å². The number of alkyl halides is 2. The fourth-order valence-corrected chi connectivity index (χ4v) is 6.20. The number of H-pyrrole nitrogens is 1. The minimum atomic E-state index is -2.87. The van der Waals surface area contributed by atoms with Gasteiger partial charge in [0.15, 0.2) is 0 Å². The maximum Gasteiger partial charge on any atom is 0.252 e. The number of fused-ring (bicyclic) bond motifs is 1. The molecule has 3 aromatic carbocycles. The van der Waals surface area contributed by atoms with Gasteiger partial charge in [-0.1, -0.05) is 48.0 Å². The third-order valence-electron chi connectivity index (χ3n) is 8.01. The highest BCUT2D eigenvalue weighted by molar-refractivity contribution is 6.31. The SMILES string of the molecule is N#Cc1cccc(N2C(O)CC[C@H]2C(=O)N(c2cccc3cn[nH]c23)[C@H](C(=O)NC2CC(F)(F)C2)c2ccccc2Cl)c1. The van der Waals surface area contributed by atoms with E-state index in [9.17, 15) is 28.7 Å². The van der Waals surface area contributed by atoms with Gasteiger partial charge in [-0.2, -0.15) is 10.4 Å². The zero-order chi connectivity index (χ0) is 30.3. The van der Waals surface area contributed by atoms with Gasteiger partial charge in [0.2, 0.25) is 5.91 Å². The number of nitrogens with zero attached hydrogens (tertiary/aromatic N) is 4. The molecule has 4 aromatic rings. The highest BCUT2D eigenvalue weighted by Crippen LogP contribution is 2.41. The summed E-state index contributed by atoms with van der Waals surface area (Å²) in [7, 11) is 0. The van der Waals surface area contributed by atoms with Crippen LogP contribution in [0.1, 0.15) is 42.9 Å². The van der Waals surface area contributed by atoms with Crippen LogP contribution in [0.25, 0.3) is 10.9 Å². The van der Waals surface area contributed by atoms with Gasteiger partial charge in [-0.3, -0.25) is 19.6 Å². The van der Waals surface area contributed by atoms with Crippen molar-refractivity contribution in [2.24, 2.45) is 0 Å². The van der Waals surface area contributed by atoms with E-state index in [0.717, 1.165) is 0 Å². The normalized spacial score (nSPS) is 20.3. The molecule has 1 aromatic heterocycles. The van der Waals surface area contributed by atoms with Crippen LogP contribution in [0, 0.1) is 11.3 Å². The Balaban J connectivity index is 1.49. The number of rotatable bonds is 7. The van der Waals surface area contributed by atoms with E-state index in [1.54, 1.807) is 72.9 Å². The summed E-state index contributed by atoms with van der Waals surface area (Å²) in [5.74, 6) is -4.07. The Kier molecular flexibility index (Phi) is 7.50. The van der Waals surface area contributed by atoms with Crippen molar-refractivity contribution in [2.45, 2.75) is 56.0 Å². The monoisotopic (exact) mass is 604 g/mol. The van der Waals surface area contributed by atoms with Crippen LogP contribution in [-0.2, 0) is 9.59 Å². The number of aromatic nitrogens is 2. The Labute approximate surface area is 250 Å². The first-order valence-corrected chi connectivity index (χ1v) is 14.2. The van der Waals surface area contributed by atoms with Crippen LogP contribution in [0.3, 0.4) is 0 Å². The van der Waals surface area contributed by atoms with E-state index in [1.165, 1.54) is 9.80 Å². The van der Waals surface area contributed by atoms with Gasteiger partial charge in [0, 0.05) is 40.5 Å². The van der Waals surface area contributed by atoms with Crippen LogP contribution in [0.2, 0.25) is 5.02 Å². The number of aliphatic hydroxyl groups excluding tert-OH is 1. The van der Waals surface area contributed by atoms with Crippen molar-refractivity contribution in [3.05, 3.63) is 89.1 Å². The molecule has 220 valence electrons. The summed E-state index contributed by atoms with van der Waals surface area (Å²) in [5.41, 5.74) is 1.93. The van der Waals surface area contributed by atoms with Crippen LogP contribution in [-0.4, -0.2) is 51.4 Å². The van der Waals surface area contributed by atoms with Crippen LogP contribution >= 0.6 is 11.6 Å². The van der Waals surface area contributed by atoms with Crippen molar-refractivity contribution in [3.8, 4) is 6.07 Å². The smallest absolute Gasteiger partial charge is 0.252 e. The van der Waals surface area contributed by atoms with Crippen molar-refractivity contribution < 1.29 is 23.5 Å². The topological polar surface area (TPSA) is 125 Å².